The molecule has 1 aromatic heterocycles. The number of imidazole rings is 1. The zero-order valence-corrected chi connectivity index (χ0v) is 11.0. The van der Waals surface area contributed by atoms with Gasteiger partial charge in [-0.1, -0.05) is 13.8 Å². The molecule has 1 aromatic rings. The Morgan fingerprint density at radius 2 is 2.24 bits per heavy atom. The molecule has 0 saturated heterocycles. The van der Waals surface area contributed by atoms with Gasteiger partial charge in [-0.3, -0.25) is 4.90 Å². The first-order chi connectivity index (χ1) is 8.25. The number of nitrogens with zero attached hydrogens (tertiary/aromatic N) is 3. The predicted octanol–water partition coefficient (Wildman–Crippen LogP) is 1.33. The average molecular weight is 236 g/mol. The van der Waals surface area contributed by atoms with Crippen molar-refractivity contribution < 1.29 is 0 Å². The molecule has 1 N–H and O–H groups in total. The Morgan fingerprint density at radius 3 is 3.06 bits per heavy atom. The molecule has 17 heavy (non-hydrogen) atoms. The first-order valence-corrected chi connectivity index (χ1v) is 6.69. The lowest BCUT2D eigenvalue weighted by Gasteiger charge is -2.27. The van der Waals surface area contributed by atoms with Gasteiger partial charge in [0.2, 0.25) is 0 Å². The zero-order chi connectivity index (χ0) is 12.1. The molecular weight excluding hydrogens is 212 g/mol. The van der Waals surface area contributed by atoms with Crippen LogP contribution in [-0.4, -0.2) is 40.6 Å². The van der Waals surface area contributed by atoms with Gasteiger partial charge in [0.1, 0.15) is 5.82 Å². The summed E-state index contributed by atoms with van der Waals surface area (Å²) in [4.78, 5) is 6.85. The van der Waals surface area contributed by atoms with Crippen LogP contribution in [0.2, 0.25) is 0 Å². The van der Waals surface area contributed by atoms with Crippen molar-refractivity contribution >= 4 is 0 Å². The lowest BCUT2D eigenvalue weighted by Crippen LogP contribution is -2.38. The summed E-state index contributed by atoms with van der Waals surface area (Å²) in [6.07, 6.45) is 5.25. The highest BCUT2D eigenvalue weighted by atomic mass is 15.2. The molecule has 96 valence electrons. The molecule has 1 aliphatic heterocycles. The largest absolute Gasteiger partial charge is 0.333 e. The summed E-state index contributed by atoms with van der Waals surface area (Å²) in [7, 11) is 0. The van der Waals surface area contributed by atoms with Crippen LogP contribution in [0.25, 0.3) is 0 Å². The summed E-state index contributed by atoms with van der Waals surface area (Å²) in [5.74, 6) is 2.00. The summed E-state index contributed by atoms with van der Waals surface area (Å²) in [5.41, 5.74) is 0. The van der Waals surface area contributed by atoms with Gasteiger partial charge in [-0.2, -0.15) is 0 Å². The maximum absolute atomic E-state index is 4.38. The van der Waals surface area contributed by atoms with E-state index in [0.717, 1.165) is 45.2 Å². The van der Waals surface area contributed by atoms with Crippen LogP contribution in [0.1, 0.15) is 26.1 Å². The Morgan fingerprint density at radius 1 is 1.35 bits per heavy atom. The summed E-state index contributed by atoms with van der Waals surface area (Å²) in [5, 5.41) is 3.51. The van der Waals surface area contributed by atoms with Gasteiger partial charge < -0.3 is 9.88 Å². The molecule has 0 unspecified atom stereocenters. The van der Waals surface area contributed by atoms with Crippen LogP contribution in [0.15, 0.2) is 12.4 Å². The molecular formula is C13H24N4. The fourth-order valence-corrected chi connectivity index (χ4v) is 2.17. The molecule has 0 saturated carbocycles. The van der Waals surface area contributed by atoms with Crippen molar-refractivity contribution in [3.05, 3.63) is 18.2 Å². The molecule has 4 nitrogen and oxygen atoms in total. The van der Waals surface area contributed by atoms with Crippen molar-refractivity contribution in [2.24, 2.45) is 5.92 Å². The first kappa shape index (κ1) is 12.6. The minimum absolute atomic E-state index is 0.796. The lowest BCUT2D eigenvalue weighted by molar-refractivity contribution is 0.217. The van der Waals surface area contributed by atoms with Crippen molar-refractivity contribution in [2.75, 3.05) is 26.2 Å². The van der Waals surface area contributed by atoms with E-state index in [-0.39, 0.29) is 0 Å². The fraction of sp³-hybridized carbons (Fsp3) is 0.769. The van der Waals surface area contributed by atoms with Crippen LogP contribution in [0.3, 0.4) is 0 Å². The fourth-order valence-electron chi connectivity index (χ4n) is 2.17. The molecule has 2 heterocycles. The lowest BCUT2D eigenvalue weighted by atomic mass is 10.1. The summed E-state index contributed by atoms with van der Waals surface area (Å²) >= 11 is 0. The van der Waals surface area contributed by atoms with E-state index in [1.165, 1.54) is 12.2 Å². The van der Waals surface area contributed by atoms with Crippen molar-refractivity contribution in [1.82, 2.24) is 19.8 Å². The molecule has 0 aromatic carbocycles. The Kier molecular flexibility index (Phi) is 4.57. The van der Waals surface area contributed by atoms with E-state index in [4.69, 9.17) is 0 Å². The minimum Gasteiger partial charge on any atom is -0.333 e. The quantitative estimate of drug-likeness (QED) is 0.757. The predicted molar refractivity (Wildman–Crippen MR) is 69.8 cm³/mol. The van der Waals surface area contributed by atoms with E-state index < -0.39 is 0 Å². The van der Waals surface area contributed by atoms with E-state index in [1.807, 2.05) is 6.20 Å². The van der Waals surface area contributed by atoms with Crippen molar-refractivity contribution in [2.45, 2.75) is 33.4 Å². The zero-order valence-electron chi connectivity index (χ0n) is 11.0. The number of hydrogen-bond donors (Lipinski definition) is 1. The van der Waals surface area contributed by atoms with Crippen LogP contribution in [-0.2, 0) is 13.1 Å². The van der Waals surface area contributed by atoms with Crippen molar-refractivity contribution in [3.8, 4) is 0 Å². The van der Waals surface area contributed by atoms with Gasteiger partial charge in [-0.25, -0.2) is 4.98 Å². The van der Waals surface area contributed by atoms with Crippen molar-refractivity contribution in [3.63, 3.8) is 0 Å². The van der Waals surface area contributed by atoms with Gasteiger partial charge in [-0.15, -0.1) is 0 Å². The van der Waals surface area contributed by atoms with E-state index in [0.29, 0.717) is 0 Å². The third kappa shape index (κ3) is 3.82. The molecule has 1 aliphatic rings. The first-order valence-electron chi connectivity index (χ1n) is 6.69. The normalized spacial score (nSPS) is 16.4. The summed E-state index contributed by atoms with van der Waals surface area (Å²) < 4.78 is 2.25. The monoisotopic (exact) mass is 236 g/mol. The molecule has 0 aliphatic carbocycles. The van der Waals surface area contributed by atoms with Crippen LogP contribution >= 0.6 is 0 Å². The highest BCUT2D eigenvalue weighted by Crippen LogP contribution is 2.08. The number of rotatable bonds is 6. The van der Waals surface area contributed by atoms with E-state index in [9.17, 15) is 0 Å². The van der Waals surface area contributed by atoms with Gasteiger partial charge in [0.25, 0.3) is 0 Å². The van der Waals surface area contributed by atoms with Crippen LogP contribution < -0.4 is 5.32 Å². The Bertz CT molecular complexity index is 332. The highest BCUT2D eigenvalue weighted by Gasteiger charge is 2.15. The van der Waals surface area contributed by atoms with Gasteiger partial charge in [0.15, 0.2) is 0 Å². The molecule has 0 amide bonds. The topological polar surface area (TPSA) is 33.1 Å². The molecule has 0 radical (unpaired) electrons. The molecule has 0 atom stereocenters. The van der Waals surface area contributed by atoms with Crippen molar-refractivity contribution in [1.29, 1.82) is 0 Å². The second-order valence-corrected chi connectivity index (χ2v) is 5.25. The maximum atomic E-state index is 4.38. The van der Waals surface area contributed by atoms with Crippen LogP contribution in [0.4, 0.5) is 0 Å². The standard InChI is InChI=1S/C13H24N4/c1-12(2)3-4-14-5-7-16-9-10-17-8-6-15-13(17)11-16/h6,8,12,14H,3-5,7,9-11H2,1-2H3. The van der Waals surface area contributed by atoms with E-state index in [1.54, 1.807) is 0 Å². The molecule has 2 rings (SSSR count). The highest BCUT2D eigenvalue weighted by molar-refractivity contribution is 4.95. The Balaban J connectivity index is 1.62. The van der Waals surface area contributed by atoms with Gasteiger partial charge in [0, 0.05) is 38.6 Å². The van der Waals surface area contributed by atoms with Crippen LogP contribution in [0.5, 0.6) is 0 Å². The van der Waals surface area contributed by atoms with Gasteiger partial charge in [0.05, 0.1) is 6.54 Å². The molecule has 0 spiro atoms. The SMILES string of the molecule is CC(C)CCNCCN1CCn2ccnc2C1. The third-order valence-corrected chi connectivity index (χ3v) is 3.33. The maximum Gasteiger partial charge on any atom is 0.122 e. The summed E-state index contributed by atoms with van der Waals surface area (Å²) in [6, 6.07) is 0. The van der Waals surface area contributed by atoms with Gasteiger partial charge in [-0.05, 0) is 18.9 Å². The molecule has 4 heteroatoms. The Hall–Kier alpha value is -0.870. The smallest absolute Gasteiger partial charge is 0.122 e. The second kappa shape index (κ2) is 6.17. The van der Waals surface area contributed by atoms with E-state index in [2.05, 4.69) is 39.8 Å². The van der Waals surface area contributed by atoms with E-state index >= 15 is 0 Å². The number of aromatic nitrogens is 2. The number of nitrogens with one attached hydrogen (secondary N) is 1. The molecule has 0 fully saturated rings. The van der Waals surface area contributed by atoms with Crippen LogP contribution in [0, 0.1) is 5.92 Å². The second-order valence-electron chi connectivity index (χ2n) is 5.25. The number of hydrogen-bond acceptors (Lipinski definition) is 3. The Labute approximate surface area is 104 Å². The summed E-state index contributed by atoms with van der Waals surface area (Å²) in [6.45, 7) is 11.1. The van der Waals surface area contributed by atoms with Gasteiger partial charge >= 0.3 is 0 Å². The minimum atomic E-state index is 0.796. The average Bonchev–Trinajstić information content (AvgIpc) is 2.75. The molecule has 0 bridgehead atoms. The number of fused-ring (bicyclic) bond motifs is 1. The third-order valence-electron chi connectivity index (χ3n) is 3.33.